The van der Waals surface area contributed by atoms with E-state index < -0.39 is 10.0 Å². The van der Waals surface area contributed by atoms with E-state index in [1.54, 1.807) is 0 Å². The fourth-order valence-corrected chi connectivity index (χ4v) is 10.2. The lowest BCUT2D eigenvalue weighted by molar-refractivity contribution is 1.16. The highest BCUT2D eigenvalue weighted by Crippen LogP contribution is 2.56. The molecule has 0 saturated heterocycles. The van der Waals surface area contributed by atoms with Crippen molar-refractivity contribution in [3.05, 3.63) is 127 Å². The number of para-hydroxylation sites is 4. The second-order valence-corrected chi connectivity index (χ2v) is 18.3. The van der Waals surface area contributed by atoms with E-state index in [2.05, 4.69) is 156 Å². The van der Waals surface area contributed by atoms with Gasteiger partial charge < -0.3 is 9.80 Å². The topological polar surface area (TPSA) is 19.4 Å². The number of hydrogen-bond donors (Lipinski definition) is 0. The van der Waals surface area contributed by atoms with Crippen LogP contribution in [0.2, 0.25) is 0 Å². The van der Waals surface area contributed by atoms with Crippen molar-refractivity contribution in [2.75, 3.05) is 28.6 Å². The minimum Gasteiger partial charge on any atom is -0.309 e. The van der Waals surface area contributed by atoms with Crippen molar-refractivity contribution in [3.8, 4) is 0 Å². The number of fused-ring (bicyclic) bond motifs is 10. The summed E-state index contributed by atoms with van der Waals surface area (Å²) in [5.41, 5.74) is 12.5. The molecule has 220 valence electrons. The molecule has 4 heterocycles. The number of anilines is 6. The Morgan fingerprint density at radius 2 is 1.24 bits per heavy atom. The SMILES string of the molecule is CS(C)(C)c1nc2c3c4c(cc2c2ccccc12)N1c2ccccc2Sc2cccc(c21)B4c1ccccc1N3c1ccccc1. The zero-order chi connectivity index (χ0) is 30.7. The van der Waals surface area contributed by atoms with E-state index in [4.69, 9.17) is 4.98 Å². The van der Waals surface area contributed by atoms with Crippen molar-refractivity contribution in [1.82, 2.24) is 4.98 Å². The Labute approximate surface area is 275 Å². The van der Waals surface area contributed by atoms with Crippen molar-refractivity contribution in [2.24, 2.45) is 0 Å². The smallest absolute Gasteiger partial charge is 0.252 e. The van der Waals surface area contributed by atoms with Gasteiger partial charge in [0.1, 0.15) is 0 Å². The van der Waals surface area contributed by atoms with Gasteiger partial charge in [0.15, 0.2) is 0 Å². The van der Waals surface area contributed by atoms with E-state index in [9.17, 15) is 0 Å². The van der Waals surface area contributed by atoms with Gasteiger partial charge in [-0.1, -0.05) is 96.7 Å². The van der Waals surface area contributed by atoms with E-state index in [1.165, 1.54) is 75.8 Å². The zero-order valence-corrected chi connectivity index (χ0v) is 27.5. The quantitative estimate of drug-likeness (QED) is 0.141. The lowest BCUT2D eigenvalue weighted by Gasteiger charge is -2.46. The van der Waals surface area contributed by atoms with Gasteiger partial charge in [-0.25, -0.2) is 15.0 Å². The van der Waals surface area contributed by atoms with E-state index in [1.807, 2.05) is 11.8 Å². The summed E-state index contributed by atoms with van der Waals surface area (Å²) in [5, 5.41) is 4.95. The summed E-state index contributed by atoms with van der Waals surface area (Å²) >= 11 is 1.89. The highest BCUT2D eigenvalue weighted by molar-refractivity contribution is 8.32. The van der Waals surface area contributed by atoms with Gasteiger partial charge in [-0.05, 0) is 83.0 Å². The summed E-state index contributed by atoms with van der Waals surface area (Å²) < 4.78 is 0. The first-order valence-corrected chi connectivity index (χ1v) is 19.4. The monoisotopic (exact) mass is 627 g/mol. The fraction of sp³-hybridized carbons (Fsp3) is 0.0750. The molecular weight excluding hydrogens is 597 g/mol. The van der Waals surface area contributed by atoms with Gasteiger partial charge in [-0.3, -0.25) is 0 Å². The van der Waals surface area contributed by atoms with E-state index in [-0.39, 0.29) is 6.71 Å². The van der Waals surface area contributed by atoms with Crippen LogP contribution in [0.5, 0.6) is 0 Å². The van der Waals surface area contributed by atoms with Crippen LogP contribution >= 0.6 is 21.8 Å². The summed E-state index contributed by atoms with van der Waals surface area (Å²) in [4.78, 5) is 13.4. The Bertz CT molecular complexity index is 2420. The van der Waals surface area contributed by atoms with E-state index in [0.717, 1.165) is 11.2 Å². The molecule has 0 bridgehead atoms. The number of benzene rings is 6. The van der Waals surface area contributed by atoms with Crippen molar-refractivity contribution in [3.63, 3.8) is 0 Å². The third-order valence-electron chi connectivity index (χ3n) is 9.68. The summed E-state index contributed by atoms with van der Waals surface area (Å²) in [6.07, 6.45) is 7.10. The second-order valence-electron chi connectivity index (χ2n) is 13.1. The van der Waals surface area contributed by atoms with Gasteiger partial charge in [0.25, 0.3) is 6.71 Å². The third-order valence-corrected chi connectivity index (χ3v) is 12.3. The molecule has 1 aromatic heterocycles. The Kier molecular flexibility index (Phi) is 5.45. The van der Waals surface area contributed by atoms with Crippen LogP contribution in [0.25, 0.3) is 21.7 Å². The number of aromatic nitrogens is 1. The first kappa shape index (κ1) is 26.6. The van der Waals surface area contributed by atoms with Crippen molar-refractivity contribution < 1.29 is 0 Å². The molecule has 3 aliphatic rings. The maximum atomic E-state index is 5.73. The molecule has 0 spiro atoms. The molecule has 3 aliphatic heterocycles. The molecule has 0 unspecified atom stereocenters. The second kappa shape index (κ2) is 9.44. The molecule has 0 atom stereocenters. The zero-order valence-electron chi connectivity index (χ0n) is 25.9. The minimum atomic E-state index is -1.15. The third kappa shape index (κ3) is 3.51. The minimum absolute atomic E-state index is 0.0846. The molecule has 46 heavy (non-hydrogen) atoms. The van der Waals surface area contributed by atoms with Crippen LogP contribution in [-0.4, -0.2) is 30.5 Å². The first-order chi connectivity index (χ1) is 22.5. The molecule has 3 nitrogen and oxygen atoms in total. The molecule has 0 fully saturated rings. The summed E-state index contributed by atoms with van der Waals surface area (Å²) in [7, 11) is -1.15. The first-order valence-electron chi connectivity index (χ1n) is 15.7. The molecule has 0 radical (unpaired) electrons. The van der Waals surface area contributed by atoms with Crippen molar-refractivity contribution in [1.29, 1.82) is 0 Å². The lowest BCUT2D eigenvalue weighted by Crippen LogP contribution is -2.61. The molecule has 0 aliphatic carbocycles. The number of nitrogens with zero attached hydrogens (tertiary/aromatic N) is 3. The standard InChI is InChI=1S/C40H30BN3S2/c1-46(2,3)40-27-17-8-7-16-26(27)28-24-33-36-39(37(28)42-40)43(25-14-5-4-6-15-25)31-20-10-9-18-29(31)41(36)30-19-13-23-35-38(30)44(33)32-21-11-12-22-34(32)45-35/h4-24H,1-3H3. The highest BCUT2D eigenvalue weighted by atomic mass is 32.3. The van der Waals surface area contributed by atoms with Crippen molar-refractivity contribution in [2.45, 2.75) is 14.8 Å². The van der Waals surface area contributed by atoms with Gasteiger partial charge in [0.05, 0.1) is 27.6 Å². The van der Waals surface area contributed by atoms with Crippen LogP contribution < -0.4 is 26.2 Å². The largest absolute Gasteiger partial charge is 0.309 e. The summed E-state index contributed by atoms with van der Waals surface area (Å²) in [5.74, 6) is 0. The maximum absolute atomic E-state index is 5.73. The average Bonchev–Trinajstić information content (AvgIpc) is 3.08. The van der Waals surface area contributed by atoms with Gasteiger partial charge in [-0.15, -0.1) is 0 Å². The van der Waals surface area contributed by atoms with Crippen LogP contribution in [0.3, 0.4) is 0 Å². The van der Waals surface area contributed by atoms with Crippen LogP contribution in [-0.2, 0) is 0 Å². The molecular formula is C40H30BN3S2. The number of hydrogen-bond acceptors (Lipinski definition) is 4. The van der Waals surface area contributed by atoms with E-state index in [0.29, 0.717) is 0 Å². The predicted octanol–water partition coefficient (Wildman–Crippen LogP) is 8.99. The fourth-order valence-electron chi connectivity index (χ4n) is 7.90. The molecule has 0 saturated carbocycles. The van der Waals surface area contributed by atoms with Crippen LogP contribution in [0.15, 0.2) is 142 Å². The van der Waals surface area contributed by atoms with Crippen LogP contribution in [0.4, 0.5) is 34.1 Å². The highest BCUT2D eigenvalue weighted by Gasteiger charge is 2.46. The Morgan fingerprint density at radius 1 is 0.565 bits per heavy atom. The van der Waals surface area contributed by atoms with Crippen LogP contribution in [0, 0.1) is 0 Å². The van der Waals surface area contributed by atoms with Gasteiger partial charge >= 0.3 is 0 Å². The normalized spacial score (nSPS) is 14.5. The molecule has 7 aromatic rings. The van der Waals surface area contributed by atoms with Gasteiger partial charge in [0, 0.05) is 37.6 Å². The van der Waals surface area contributed by atoms with E-state index >= 15 is 0 Å². The molecule has 0 N–H and O–H groups in total. The summed E-state index contributed by atoms with van der Waals surface area (Å²) in [6.45, 7) is 0.0846. The predicted molar refractivity (Wildman–Crippen MR) is 201 cm³/mol. The number of pyridine rings is 1. The lowest BCUT2D eigenvalue weighted by atomic mass is 9.33. The Morgan fingerprint density at radius 3 is 2.07 bits per heavy atom. The van der Waals surface area contributed by atoms with Crippen molar-refractivity contribution >= 4 is 101 Å². The molecule has 6 heteroatoms. The maximum Gasteiger partial charge on any atom is 0.252 e. The molecule has 6 aromatic carbocycles. The Hall–Kier alpha value is -4.65. The Balaban J connectivity index is 1.45. The average molecular weight is 628 g/mol. The molecule has 10 rings (SSSR count). The van der Waals surface area contributed by atoms with Gasteiger partial charge in [-0.2, -0.15) is 0 Å². The van der Waals surface area contributed by atoms with Crippen LogP contribution in [0.1, 0.15) is 0 Å². The van der Waals surface area contributed by atoms with Gasteiger partial charge in [0.2, 0.25) is 0 Å². The summed E-state index contributed by atoms with van der Waals surface area (Å²) in [6, 6.07) is 47.0. The molecule has 0 amide bonds. The number of rotatable bonds is 2.